The third-order valence-corrected chi connectivity index (χ3v) is 4.24. The molecule has 0 aromatic heterocycles. The standard InChI is InChI=1S/C18H30N2O2S.ClH/c1-13(2)7-9-22-17-11-14(3)5-6-15(17)12-20-18(21)16(19)8-10-23-4;/h5-6,11,13,16H,7-10,12,19H2,1-4H3,(H,20,21);1H/t16-;/m0./s1. The highest BCUT2D eigenvalue weighted by Gasteiger charge is 2.13. The van der Waals surface area contributed by atoms with Crippen molar-refractivity contribution in [2.45, 2.75) is 46.2 Å². The van der Waals surface area contributed by atoms with E-state index in [-0.39, 0.29) is 18.3 Å². The average Bonchev–Trinajstić information content (AvgIpc) is 2.51. The van der Waals surface area contributed by atoms with Crippen molar-refractivity contribution in [3.63, 3.8) is 0 Å². The second-order valence-corrected chi connectivity index (χ2v) is 7.23. The molecule has 138 valence electrons. The number of halogens is 1. The summed E-state index contributed by atoms with van der Waals surface area (Å²) in [6.07, 6.45) is 3.72. The summed E-state index contributed by atoms with van der Waals surface area (Å²) >= 11 is 1.70. The highest BCUT2D eigenvalue weighted by molar-refractivity contribution is 7.98. The van der Waals surface area contributed by atoms with E-state index >= 15 is 0 Å². The number of thioether (sulfide) groups is 1. The van der Waals surface area contributed by atoms with E-state index in [9.17, 15) is 4.79 Å². The first kappa shape index (κ1) is 23.1. The number of carbonyl (C=O) groups is 1. The minimum Gasteiger partial charge on any atom is -0.493 e. The molecule has 4 nitrogen and oxygen atoms in total. The Balaban J connectivity index is 0.00000529. The fourth-order valence-corrected chi connectivity index (χ4v) is 2.53. The normalized spacial score (nSPS) is 11.8. The molecule has 1 aromatic carbocycles. The maximum Gasteiger partial charge on any atom is 0.237 e. The molecule has 0 bridgehead atoms. The summed E-state index contributed by atoms with van der Waals surface area (Å²) in [4.78, 5) is 12.0. The van der Waals surface area contributed by atoms with Crippen LogP contribution in [-0.2, 0) is 11.3 Å². The summed E-state index contributed by atoms with van der Waals surface area (Å²) in [5.74, 6) is 2.25. The molecule has 0 aliphatic rings. The van der Waals surface area contributed by atoms with Gasteiger partial charge in [0, 0.05) is 12.1 Å². The number of aryl methyl sites for hydroxylation is 1. The summed E-state index contributed by atoms with van der Waals surface area (Å²) in [6.45, 7) is 7.53. The largest absolute Gasteiger partial charge is 0.493 e. The summed E-state index contributed by atoms with van der Waals surface area (Å²) in [6, 6.07) is 5.62. The van der Waals surface area contributed by atoms with Gasteiger partial charge in [-0.3, -0.25) is 4.79 Å². The predicted octanol–water partition coefficient (Wildman–Crippen LogP) is 3.54. The van der Waals surface area contributed by atoms with Crippen LogP contribution in [0.1, 0.15) is 37.8 Å². The zero-order valence-corrected chi connectivity index (χ0v) is 16.8. The van der Waals surface area contributed by atoms with E-state index < -0.39 is 6.04 Å². The lowest BCUT2D eigenvalue weighted by molar-refractivity contribution is -0.122. The van der Waals surface area contributed by atoms with Crippen LogP contribution in [0.15, 0.2) is 18.2 Å². The summed E-state index contributed by atoms with van der Waals surface area (Å²) < 4.78 is 5.90. The number of hydrogen-bond donors (Lipinski definition) is 2. The molecule has 24 heavy (non-hydrogen) atoms. The summed E-state index contributed by atoms with van der Waals surface area (Å²) in [7, 11) is 0. The lowest BCUT2D eigenvalue weighted by Gasteiger charge is -2.15. The SMILES string of the molecule is CSCC[C@H](N)C(=O)NCc1ccc(C)cc1OCCC(C)C.Cl. The van der Waals surface area contributed by atoms with E-state index in [0.29, 0.717) is 25.5 Å². The molecule has 0 saturated carbocycles. The molecule has 6 heteroatoms. The van der Waals surface area contributed by atoms with Gasteiger partial charge in [0.1, 0.15) is 5.75 Å². The van der Waals surface area contributed by atoms with Crippen molar-refractivity contribution in [3.05, 3.63) is 29.3 Å². The number of nitrogens with two attached hydrogens (primary N) is 1. The molecule has 0 fully saturated rings. The van der Waals surface area contributed by atoms with Gasteiger partial charge in [0.2, 0.25) is 5.91 Å². The molecule has 0 radical (unpaired) electrons. The van der Waals surface area contributed by atoms with Gasteiger partial charge in [0.25, 0.3) is 0 Å². The average molecular weight is 375 g/mol. The molecular weight excluding hydrogens is 344 g/mol. The Morgan fingerprint density at radius 1 is 1.33 bits per heavy atom. The predicted molar refractivity (Wildman–Crippen MR) is 106 cm³/mol. The van der Waals surface area contributed by atoms with Crippen molar-refractivity contribution >= 4 is 30.1 Å². The van der Waals surface area contributed by atoms with Crippen molar-refractivity contribution in [1.82, 2.24) is 5.32 Å². The maximum atomic E-state index is 12.0. The quantitative estimate of drug-likeness (QED) is 0.657. The molecule has 3 N–H and O–H groups in total. The Morgan fingerprint density at radius 3 is 2.67 bits per heavy atom. The molecule has 1 amide bonds. The lowest BCUT2D eigenvalue weighted by atomic mass is 10.1. The Kier molecular flexibility index (Phi) is 12.0. The molecular formula is C18H31ClN2O2S. The van der Waals surface area contributed by atoms with E-state index in [1.807, 2.05) is 31.4 Å². The third kappa shape index (κ3) is 8.81. The van der Waals surface area contributed by atoms with E-state index in [0.717, 1.165) is 29.1 Å². The van der Waals surface area contributed by atoms with Gasteiger partial charge >= 0.3 is 0 Å². The molecule has 1 rings (SSSR count). The Morgan fingerprint density at radius 2 is 2.04 bits per heavy atom. The smallest absolute Gasteiger partial charge is 0.237 e. The minimum atomic E-state index is -0.446. The number of carbonyl (C=O) groups excluding carboxylic acids is 1. The van der Waals surface area contributed by atoms with Gasteiger partial charge in [-0.1, -0.05) is 26.0 Å². The molecule has 0 aliphatic heterocycles. The third-order valence-electron chi connectivity index (χ3n) is 3.60. The van der Waals surface area contributed by atoms with Gasteiger partial charge in [-0.05, 0) is 49.3 Å². The fraction of sp³-hybridized carbons (Fsp3) is 0.611. The Hall–Kier alpha value is -0.910. The van der Waals surface area contributed by atoms with E-state index in [1.165, 1.54) is 0 Å². The highest BCUT2D eigenvalue weighted by Crippen LogP contribution is 2.21. The maximum absolute atomic E-state index is 12.0. The van der Waals surface area contributed by atoms with Gasteiger partial charge in [0.05, 0.1) is 12.6 Å². The zero-order valence-electron chi connectivity index (χ0n) is 15.1. The van der Waals surface area contributed by atoms with Crippen molar-refractivity contribution in [2.75, 3.05) is 18.6 Å². The van der Waals surface area contributed by atoms with Crippen LogP contribution < -0.4 is 15.8 Å². The van der Waals surface area contributed by atoms with Crippen LogP contribution >= 0.6 is 24.2 Å². The van der Waals surface area contributed by atoms with Crippen LogP contribution in [0.2, 0.25) is 0 Å². The molecule has 0 heterocycles. The monoisotopic (exact) mass is 374 g/mol. The molecule has 0 aliphatic carbocycles. The first-order valence-electron chi connectivity index (χ1n) is 8.18. The van der Waals surface area contributed by atoms with Gasteiger partial charge in [0.15, 0.2) is 0 Å². The van der Waals surface area contributed by atoms with Crippen LogP contribution in [0.3, 0.4) is 0 Å². The summed E-state index contributed by atoms with van der Waals surface area (Å²) in [5.41, 5.74) is 8.03. The molecule has 0 saturated heterocycles. The van der Waals surface area contributed by atoms with Gasteiger partial charge in [-0.25, -0.2) is 0 Å². The van der Waals surface area contributed by atoms with Crippen molar-refractivity contribution in [2.24, 2.45) is 11.7 Å². The highest BCUT2D eigenvalue weighted by atomic mass is 35.5. The summed E-state index contributed by atoms with van der Waals surface area (Å²) in [5, 5.41) is 2.91. The van der Waals surface area contributed by atoms with E-state index in [4.69, 9.17) is 10.5 Å². The van der Waals surface area contributed by atoms with Crippen LogP contribution in [0.5, 0.6) is 5.75 Å². The molecule has 1 aromatic rings. The molecule has 0 unspecified atom stereocenters. The minimum absolute atomic E-state index is 0. The van der Waals surface area contributed by atoms with Crippen molar-refractivity contribution in [3.8, 4) is 5.75 Å². The second kappa shape index (κ2) is 12.5. The zero-order chi connectivity index (χ0) is 17.2. The number of rotatable bonds is 10. The van der Waals surface area contributed by atoms with Gasteiger partial charge in [-0.2, -0.15) is 11.8 Å². The van der Waals surface area contributed by atoms with Gasteiger partial charge in [-0.15, -0.1) is 12.4 Å². The van der Waals surface area contributed by atoms with Gasteiger partial charge < -0.3 is 15.8 Å². The van der Waals surface area contributed by atoms with Crippen molar-refractivity contribution < 1.29 is 9.53 Å². The van der Waals surface area contributed by atoms with E-state index in [2.05, 4.69) is 19.2 Å². The van der Waals surface area contributed by atoms with E-state index in [1.54, 1.807) is 11.8 Å². The second-order valence-electron chi connectivity index (χ2n) is 6.25. The first-order chi connectivity index (χ1) is 10.9. The van der Waals surface area contributed by atoms with Crippen LogP contribution in [0.4, 0.5) is 0 Å². The topological polar surface area (TPSA) is 64.4 Å². The van der Waals surface area contributed by atoms with Crippen LogP contribution in [0.25, 0.3) is 0 Å². The number of ether oxygens (including phenoxy) is 1. The molecule has 1 atom stereocenters. The number of amides is 1. The van der Waals surface area contributed by atoms with Crippen LogP contribution in [0, 0.1) is 12.8 Å². The van der Waals surface area contributed by atoms with Crippen LogP contribution in [-0.4, -0.2) is 30.6 Å². The number of nitrogens with one attached hydrogen (secondary N) is 1. The fourth-order valence-electron chi connectivity index (χ4n) is 2.04. The van der Waals surface area contributed by atoms with Crippen molar-refractivity contribution in [1.29, 1.82) is 0 Å². The number of benzene rings is 1. The first-order valence-corrected chi connectivity index (χ1v) is 9.58. The lowest BCUT2D eigenvalue weighted by Crippen LogP contribution is -2.40. The molecule has 0 spiro atoms. The Bertz CT molecular complexity index is 498. The number of hydrogen-bond acceptors (Lipinski definition) is 4. The Labute approximate surface area is 156 Å².